The fourth-order valence-corrected chi connectivity index (χ4v) is 11.0. The number of hydrogen-bond donors (Lipinski definition) is 0. The summed E-state index contributed by atoms with van der Waals surface area (Å²) in [6.07, 6.45) is 0. The fraction of sp³-hybridized carbons (Fsp3) is 0.100. The summed E-state index contributed by atoms with van der Waals surface area (Å²) < 4.78 is 2.41. The van der Waals surface area contributed by atoms with Crippen molar-refractivity contribution >= 4 is 38.9 Å². The highest BCUT2D eigenvalue weighted by molar-refractivity contribution is 6.10. The number of rotatable bonds is 6. The average Bonchev–Trinajstić information content (AvgIpc) is 3.86. The standard InChI is InChI=1S/C60H46N2/c1-59(2)52-28-13-9-25-50(52)58-49(26-17-29-53(58)59)47-24-11-14-30-55(47)61(43-33-35-45-44-22-8-12-27-51(44)60(3,4)54(45)38-43)42-21-16-18-39(36-42)40-32-34-48-46-23-10-15-31-56(46)62(57(48)37-40)41-19-6-5-7-20-41/h5-38H,1-4H3. The molecule has 0 bridgehead atoms. The second kappa shape index (κ2) is 13.5. The summed E-state index contributed by atoms with van der Waals surface area (Å²) in [5.41, 5.74) is 22.3. The number of para-hydroxylation sites is 3. The van der Waals surface area contributed by atoms with Crippen LogP contribution in [0, 0.1) is 0 Å². The first-order chi connectivity index (χ1) is 30.3. The molecular formula is C60H46N2. The van der Waals surface area contributed by atoms with Crippen LogP contribution in [0.4, 0.5) is 17.1 Å². The summed E-state index contributed by atoms with van der Waals surface area (Å²) in [4.78, 5) is 2.50. The third kappa shape index (κ3) is 5.29. The van der Waals surface area contributed by atoms with E-state index in [-0.39, 0.29) is 10.8 Å². The Labute approximate surface area is 364 Å². The van der Waals surface area contributed by atoms with Crippen LogP contribution in [-0.4, -0.2) is 4.57 Å². The lowest BCUT2D eigenvalue weighted by atomic mass is 9.82. The van der Waals surface area contributed by atoms with Gasteiger partial charge in [-0.2, -0.15) is 0 Å². The van der Waals surface area contributed by atoms with Crippen LogP contribution in [-0.2, 0) is 10.8 Å². The van der Waals surface area contributed by atoms with Crippen LogP contribution in [0.15, 0.2) is 206 Å². The zero-order chi connectivity index (χ0) is 41.7. The summed E-state index contributed by atoms with van der Waals surface area (Å²) in [6.45, 7) is 9.48. The molecule has 9 aromatic carbocycles. The molecule has 0 aliphatic heterocycles. The highest BCUT2D eigenvalue weighted by Gasteiger charge is 2.38. The Morgan fingerprint density at radius 3 is 1.77 bits per heavy atom. The van der Waals surface area contributed by atoms with E-state index in [4.69, 9.17) is 0 Å². The van der Waals surface area contributed by atoms with E-state index in [1.165, 1.54) is 88.6 Å². The molecule has 0 amide bonds. The van der Waals surface area contributed by atoms with Crippen molar-refractivity contribution in [1.29, 1.82) is 0 Å². The van der Waals surface area contributed by atoms with Crippen LogP contribution in [0.2, 0.25) is 0 Å². The maximum Gasteiger partial charge on any atom is 0.0547 e. The van der Waals surface area contributed by atoms with E-state index >= 15 is 0 Å². The quantitative estimate of drug-likeness (QED) is 0.163. The van der Waals surface area contributed by atoms with E-state index in [1.54, 1.807) is 0 Å². The first-order valence-corrected chi connectivity index (χ1v) is 21.9. The minimum Gasteiger partial charge on any atom is -0.310 e. The molecule has 1 aromatic heterocycles. The number of nitrogens with zero attached hydrogens (tertiary/aromatic N) is 2. The van der Waals surface area contributed by atoms with Crippen molar-refractivity contribution in [2.45, 2.75) is 38.5 Å². The molecule has 62 heavy (non-hydrogen) atoms. The lowest BCUT2D eigenvalue weighted by Crippen LogP contribution is -2.17. The van der Waals surface area contributed by atoms with Gasteiger partial charge in [-0.1, -0.05) is 179 Å². The molecule has 0 saturated carbocycles. The minimum absolute atomic E-state index is 0.0984. The fourth-order valence-electron chi connectivity index (χ4n) is 11.0. The Morgan fingerprint density at radius 1 is 0.355 bits per heavy atom. The monoisotopic (exact) mass is 794 g/mol. The third-order valence-corrected chi connectivity index (χ3v) is 14.0. The number of fused-ring (bicyclic) bond motifs is 9. The van der Waals surface area contributed by atoms with Gasteiger partial charge in [-0.25, -0.2) is 0 Å². The van der Waals surface area contributed by atoms with Gasteiger partial charge in [0, 0.05) is 44.2 Å². The Balaban J connectivity index is 1.07. The molecule has 0 radical (unpaired) electrons. The normalized spacial score (nSPS) is 14.1. The molecule has 0 fully saturated rings. The largest absolute Gasteiger partial charge is 0.310 e. The van der Waals surface area contributed by atoms with Gasteiger partial charge in [-0.15, -0.1) is 0 Å². The smallest absolute Gasteiger partial charge is 0.0547 e. The summed E-state index contributed by atoms with van der Waals surface area (Å²) >= 11 is 0. The lowest BCUT2D eigenvalue weighted by molar-refractivity contribution is 0.660. The van der Waals surface area contributed by atoms with Crippen molar-refractivity contribution < 1.29 is 0 Å². The second-order valence-electron chi connectivity index (χ2n) is 18.1. The van der Waals surface area contributed by atoms with Crippen LogP contribution >= 0.6 is 0 Å². The van der Waals surface area contributed by atoms with E-state index in [9.17, 15) is 0 Å². The van der Waals surface area contributed by atoms with Crippen molar-refractivity contribution in [1.82, 2.24) is 4.57 Å². The SMILES string of the molecule is CC1(C)c2ccccc2-c2ccc(N(c3cccc(-c4ccc5c6ccccc6n(-c6ccccc6)c5c4)c3)c3ccccc3-c3cccc4c3-c3ccccc3C4(C)C)cc21. The summed E-state index contributed by atoms with van der Waals surface area (Å²) in [5.74, 6) is 0. The van der Waals surface area contributed by atoms with E-state index < -0.39 is 0 Å². The van der Waals surface area contributed by atoms with E-state index in [0.717, 1.165) is 22.7 Å². The van der Waals surface area contributed by atoms with Gasteiger partial charge < -0.3 is 9.47 Å². The van der Waals surface area contributed by atoms with Gasteiger partial charge in [-0.3, -0.25) is 0 Å². The molecule has 0 saturated heterocycles. The first-order valence-electron chi connectivity index (χ1n) is 21.9. The van der Waals surface area contributed by atoms with E-state index in [1.807, 2.05) is 0 Å². The lowest BCUT2D eigenvalue weighted by Gasteiger charge is -2.30. The van der Waals surface area contributed by atoms with Gasteiger partial charge in [-0.05, 0) is 116 Å². The maximum absolute atomic E-state index is 2.50. The molecule has 0 spiro atoms. The molecule has 10 aromatic rings. The number of benzene rings is 9. The molecule has 0 N–H and O–H groups in total. The number of aromatic nitrogens is 1. The minimum atomic E-state index is -0.142. The molecule has 2 heteroatoms. The highest BCUT2D eigenvalue weighted by Crippen LogP contribution is 2.55. The molecular weight excluding hydrogens is 749 g/mol. The first kappa shape index (κ1) is 36.4. The Kier molecular flexibility index (Phi) is 7.96. The van der Waals surface area contributed by atoms with Crippen LogP contribution < -0.4 is 4.90 Å². The molecule has 2 aliphatic rings. The predicted octanol–water partition coefficient (Wildman–Crippen LogP) is 16.2. The van der Waals surface area contributed by atoms with Crippen LogP contribution in [0.5, 0.6) is 0 Å². The topological polar surface area (TPSA) is 8.17 Å². The van der Waals surface area contributed by atoms with Crippen molar-refractivity contribution in [3.05, 3.63) is 229 Å². The van der Waals surface area contributed by atoms with Crippen molar-refractivity contribution in [2.75, 3.05) is 4.90 Å². The highest BCUT2D eigenvalue weighted by atomic mass is 15.1. The maximum atomic E-state index is 2.50. The average molecular weight is 795 g/mol. The molecule has 1 heterocycles. The number of anilines is 3. The molecule has 12 rings (SSSR count). The van der Waals surface area contributed by atoms with Crippen LogP contribution in [0.25, 0.3) is 72.0 Å². The van der Waals surface area contributed by atoms with Crippen molar-refractivity contribution in [3.8, 4) is 50.2 Å². The van der Waals surface area contributed by atoms with Gasteiger partial charge >= 0.3 is 0 Å². The molecule has 0 atom stereocenters. The van der Waals surface area contributed by atoms with Crippen LogP contribution in [0.3, 0.4) is 0 Å². The van der Waals surface area contributed by atoms with Crippen molar-refractivity contribution in [2.24, 2.45) is 0 Å². The molecule has 2 aliphatic carbocycles. The summed E-state index contributed by atoms with van der Waals surface area (Å²) in [6, 6.07) is 76.6. The predicted molar refractivity (Wildman–Crippen MR) is 261 cm³/mol. The molecule has 0 unspecified atom stereocenters. The molecule has 2 nitrogen and oxygen atoms in total. The second-order valence-corrected chi connectivity index (χ2v) is 18.1. The molecule has 296 valence electrons. The van der Waals surface area contributed by atoms with E-state index in [0.29, 0.717) is 0 Å². The Hall–Kier alpha value is -7.42. The van der Waals surface area contributed by atoms with Crippen LogP contribution in [0.1, 0.15) is 49.9 Å². The zero-order valence-electron chi connectivity index (χ0n) is 35.5. The van der Waals surface area contributed by atoms with Gasteiger partial charge in [0.1, 0.15) is 0 Å². The summed E-state index contributed by atoms with van der Waals surface area (Å²) in [5, 5.41) is 2.51. The third-order valence-electron chi connectivity index (χ3n) is 14.0. The van der Waals surface area contributed by atoms with Gasteiger partial charge in [0.25, 0.3) is 0 Å². The van der Waals surface area contributed by atoms with Gasteiger partial charge in [0.15, 0.2) is 0 Å². The van der Waals surface area contributed by atoms with Gasteiger partial charge in [0.2, 0.25) is 0 Å². The number of hydrogen-bond acceptors (Lipinski definition) is 1. The Morgan fingerprint density at radius 2 is 0.935 bits per heavy atom. The van der Waals surface area contributed by atoms with E-state index in [2.05, 4.69) is 243 Å². The van der Waals surface area contributed by atoms with Crippen molar-refractivity contribution in [3.63, 3.8) is 0 Å². The zero-order valence-corrected chi connectivity index (χ0v) is 35.5. The Bertz CT molecular complexity index is 3420. The van der Waals surface area contributed by atoms with Gasteiger partial charge in [0.05, 0.1) is 16.7 Å². The summed E-state index contributed by atoms with van der Waals surface area (Å²) in [7, 11) is 0.